The average Bonchev–Trinajstić information content (AvgIpc) is 2.85. The van der Waals surface area contributed by atoms with Gasteiger partial charge >= 0.3 is 5.97 Å². The van der Waals surface area contributed by atoms with Crippen molar-refractivity contribution in [2.45, 2.75) is 31.6 Å². The quantitative estimate of drug-likeness (QED) is 0.626. The third-order valence-corrected chi connectivity index (χ3v) is 5.47. The molecule has 2 bridgehead atoms. The molecule has 24 heavy (non-hydrogen) atoms. The first-order valence-electron chi connectivity index (χ1n) is 8.32. The van der Waals surface area contributed by atoms with Crippen LogP contribution in [0, 0.1) is 5.92 Å². The summed E-state index contributed by atoms with van der Waals surface area (Å²) in [7, 11) is 1.94. The Bertz CT molecular complexity index is 894. The fourth-order valence-corrected chi connectivity index (χ4v) is 4.36. The van der Waals surface area contributed by atoms with Crippen LogP contribution in [0.15, 0.2) is 24.4 Å². The van der Waals surface area contributed by atoms with Gasteiger partial charge in [-0.1, -0.05) is 12.1 Å². The Balaban J connectivity index is 2.09. The molecule has 1 heterocycles. The molecule has 124 valence electrons. The number of ketones is 2. The summed E-state index contributed by atoms with van der Waals surface area (Å²) in [6.07, 6.45) is 2.77. The van der Waals surface area contributed by atoms with Crippen LogP contribution >= 0.6 is 0 Å². The van der Waals surface area contributed by atoms with Crippen LogP contribution in [0.1, 0.15) is 30.9 Å². The standard InChI is InChI=1S/C19H19NO4/c1-3-24-18(23)19-8-7-15(21)12(17(19)22)9-11-10-20(2)14-6-4-5-13(19)16(11)14/h4-6,10,12H,3,7-9H2,1-2H3/t12-,19+/m0/s1. The fourth-order valence-electron chi connectivity index (χ4n) is 4.36. The van der Waals surface area contributed by atoms with Crippen LogP contribution in [-0.2, 0) is 38.0 Å². The highest BCUT2D eigenvalue weighted by Crippen LogP contribution is 2.46. The lowest BCUT2D eigenvalue weighted by Gasteiger charge is -2.35. The SMILES string of the molecule is CCOC(=O)[C@]12CCC(=O)[C@H](Cc3cn(C)c4cccc1c34)C2=O. The molecule has 2 aliphatic rings. The fraction of sp³-hybridized carbons (Fsp3) is 0.421. The van der Waals surface area contributed by atoms with Crippen LogP contribution in [0.4, 0.5) is 0 Å². The van der Waals surface area contributed by atoms with Crippen molar-refractivity contribution >= 4 is 28.4 Å². The summed E-state index contributed by atoms with van der Waals surface area (Å²) in [5.41, 5.74) is 1.29. The van der Waals surface area contributed by atoms with E-state index in [9.17, 15) is 14.4 Å². The van der Waals surface area contributed by atoms with Gasteiger partial charge in [-0.3, -0.25) is 14.4 Å². The van der Waals surface area contributed by atoms with Crippen LogP contribution in [0.25, 0.3) is 10.9 Å². The maximum Gasteiger partial charge on any atom is 0.324 e. The molecule has 1 saturated carbocycles. The minimum atomic E-state index is -1.35. The third kappa shape index (κ3) is 1.72. The molecule has 0 radical (unpaired) electrons. The normalized spacial score (nSPS) is 25.7. The molecule has 2 aromatic rings. The van der Waals surface area contributed by atoms with Gasteiger partial charge in [0.05, 0.1) is 12.5 Å². The monoisotopic (exact) mass is 325 g/mol. The van der Waals surface area contributed by atoms with Crippen LogP contribution in [-0.4, -0.2) is 28.7 Å². The summed E-state index contributed by atoms with van der Waals surface area (Å²) in [5, 5.41) is 0.929. The molecule has 2 atom stereocenters. The Morgan fingerprint density at radius 2 is 2.17 bits per heavy atom. The average molecular weight is 325 g/mol. The van der Waals surface area contributed by atoms with E-state index in [4.69, 9.17) is 4.74 Å². The Morgan fingerprint density at radius 1 is 1.38 bits per heavy atom. The Kier molecular flexibility index (Phi) is 3.17. The maximum absolute atomic E-state index is 13.2. The van der Waals surface area contributed by atoms with Gasteiger partial charge in [-0.15, -0.1) is 0 Å². The first-order valence-corrected chi connectivity index (χ1v) is 8.32. The molecule has 0 aliphatic heterocycles. The zero-order valence-corrected chi connectivity index (χ0v) is 13.8. The number of hydrogen-bond acceptors (Lipinski definition) is 4. The molecule has 0 saturated heterocycles. The molecule has 0 unspecified atom stereocenters. The summed E-state index contributed by atoms with van der Waals surface area (Å²) in [6.45, 7) is 1.94. The molecular weight excluding hydrogens is 306 g/mol. The van der Waals surface area contributed by atoms with E-state index in [1.807, 2.05) is 36.0 Å². The number of rotatable bonds is 2. The van der Waals surface area contributed by atoms with Crippen LogP contribution in [0.2, 0.25) is 0 Å². The second-order valence-electron chi connectivity index (χ2n) is 6.68. The molecule has 0 spiro atoms. The second kappa shape index (κ2) is 5.03. The van der Waals surface area contributed by atoms with Crippen LogP contribution < -0.4 is 0 Å². The molecule has 1 fully saturated rings. The first kappa shape index (κ1) is 15.1. The van der Waals surface area contributed by atoms with Gasteiger partial charge in [0.2, 0.25) is 0 Å². The molecule has 1 aromatic heterocycles. The van der Waals surface area contributed by atoms with Crippen molar-refractivity contribution in [2.75, 3.05) is 6.61 Å². The van der Waals surface area contributed by atoms with E-state index in [1.165, 1.54) is 0 Å². The van der Waals surface area contributed by atoms with E-state index in [0.717, 1.165) is 16.5 Å². The zero-order chi connectivity index (χ0) is 17.1. The van der Waals surface area contributed by atoms with Gasteiger partial charge in [-0.25, -0.2) is 0 Å². The van der Waals surface area contributed by atoms with Crippen molar-refractivity contribution in [1.29, 1.82) is 0 Å². The summed E-state index contributed by atoms with van der Waals surface area (Å²) in [5.74, 6) is -1.62. The van der Waals surface area contributed by atoms with Gasteiger partial charge in [0, 0.05) is 30.6 Å². The maximum atomic E-state index is 13.2. The van der Waals surface area contributed by atoms with Gasteiger partial charge in [0.1, 0.15) is 5.78 Å². The summed E-state index contributed by atoms with van der Waals surface area (Å²) in [4.78, 5) is 38.5. The first-order chi connectivity index (χ1) is 11.5. The lowest BCUT2D eigenvalue weighted by molar-refractivity contribution is -0.158. The van der Waals surface area contributed by atoms with E-state index in [0.29, 0.717) is 12.0 Å². The predicted molar refractivity (Wildman–Crippen MR) is 87.7 cm³/mol. The predicted octanol–water partition coefficient (Wildman–Crippen LogP) is 2.08. The number of carbonyl (C=O) groups excluding carboxylic acids is 3. The lowest BCUT2D eigenvalue weighted by atomic mass is 9.64. The van der Waals surface area contributed by atoms with E-state index in [1.54, 1.807) is 6.92 Å². The Morgan fingerprint density at radius 3 is 2.92 bits per heavy atom. The minimum Gasteiger partial charge on any atom is -0.465 e. The molecule has 0 N–H and O–H groups in total. The van der Waals surface area contributed by atoms with E-state index >= 15 is 0 Å². The number of Topliss-reactive ketones (excluding diaryl/α,β-unsaturated/α-hetero) is 2. The topological polar surface area (TPSA) is 65.4 Å². The number of aromatic nitrogens is 1. The molecular formula is C19H19NO4. The molecule has 4 rings (SSSR count). The highest BCUT2D eigenvalue weighted by atomic mass is 16.5. The van der Waals surface area contributed by atoms with Gasteiger partial charge in [0.15, 0.2) is 11.2 Å². The van der Waals surface area contributed by atoms with Gasteiger partial charge in [0.25, 0.3) is 0 Å². The van der Waals surface area contributed by atoms with Crippen molar-refractivity contribution in [3.05, 3.63) is 35.5 Å². The molecule has 0 amide bonds. The van der Waals surface area contributed by atoms with Gasteiger partial charge in [-0.2, -0.15) is 0 Å². The van der Waals surface area contributed by atoms with Crippen molar-refractivity contribution in [3.8, 4) is 0 Å². The molecule has 2 aliphatic carbocycles. The summed E-state index contributed by atoms with van der Waals surface area (Å²) < 4.78 is 7.28. The molecule has 5 heteroatoms. The number of nitrogens with zero attached hydrogens (tertiary/aromatic N) is 1. The Hall–Kier alpha value is -2.43. The van der Waals surface area contributed by atoms with E-state index < -0.39 is 17.3 Å². The lowest BCUT2D eigenvalue weighted by Crippen LogP contribution is -2.53. The highest BCUT2D eigenvalue weighted by molar-refractivity contribution is 6.22. The second-order valence-corrected chi connectivity index (χ2v) is 6.68. The summed E-state index contributed by atoms with van der Waals surface area (Å²) >= 11 is 0. The smallest absolute Gasteiger partial charge is 0.324 e. The van der Waals surface area contributed by atoms with E-state index in [-0.39, 0.29) is 31.0 Å². The molecule has 5 nitrogen and oxygen atoms in total. The van der Waals surface area contributed by atoms with Crippen molar-refractivity contribution in [1.82, 2.24) is 4.57 Å². The summed E-state index contributed by atoms with van der Waals surface area (Å²) in [6, 6.07) is 5.69. The number of fused-ring (bicyclic) bond motifs is 3. The van der Waals surface area contributed by atoms with Gasteiger partial charge < -0.3 is 9.30 Å². The number of aryl methyl sites for hydroxylation is 1. The van der Waals surface area contributed by atoms with Gasteiger partial charge in [-0.05, 0) is 37.0 Å². The number of hydrogen-bond donors (Lipinski definition) is 0. The van der Waals surface area contributed by atoms with Crippen molar-refractivity contribution in [3.63, 3.8) is 0 Å². The minimum absolute atomic E-state index is 0.0651. The van der Waals surface area contributed by atoms with Crippen molar-refractivity contribution < 1.29 is 19.1 Å². The Labute approximate surface area is 139 Å². The third-order valence-electron chi connectivity index (χ3n) is 5.47. The number of ether oxygens (including phenoxy) is 1. The largest absolute Gasteiger partial charge is 0.465 e. The molecule has 1 aromatic carbocycles. The van der Waals surface area contributed by atoms with Crippen LogP contribution in [0.3, 0.4) is 0 Å². The van der Waals surface area contributed by atoms with Crippen molar-refractivity contribution in [2.24, 2.45) is 13.0 Å². The number of benzene rings is 1. The number of carbonyl (C=O) groups is 3. The zero-order valence-electron chi connectivity index (χ0n) is 13.8. The van der Waals surface area contributed by atoms with E-state index in [2.05, 4.69) is 0 Å². The highest BCUT2D eigenvalue weighted by Gasteiger charge is 2.57. The number of esters is 1. The van der Waals surface area contributed by atoms with Crippen LogP contribution in [0.5, 0.6) is 0 Å².